The number of aryl methyl sites for hydroxylation is 2. The first-order valence-electron chi connectivity index (χ1n) is 23.5. The average molecular weight is 883 g/mol. The highest BCUT2D eigenvalue weighted by atomic mass is 16.5. The Labute approximate surface area is 398 Å². The van der Waals surface area contributed by atoms with E-state index in [1.54, 1.807) is 0 Å². The van der Waals surface area contributed by atoms with Crippen molar-refractivity contribution in [2.45, 2.75) is 39.5 Å². The molecule has 0 aromatic heterocycles. The lowest BCUT2D eigenvalue weighted by molar-refractivity contribution is 0.0725. The molecule has 0 aliphatic carbocycles. The van der Waals surface area contributed by atoms with Gasteiger partial charge in [-0.1, -0.05) is 209 Å². The van der Waals surface area contributed by atoms with E-state index in [4.69, 9.17) is 9.47 Å². The molecule has 10 rings (SSSR count). The normalized spacial score (nSPS) is 11.1. The summed E-state index contributed by atoms with van der Waals surface area (Å²) in [6, 6.07) is 72.8. The summed E-state index contributed by atoms with van der Waals surface area (Å²) in [5.74, 6) is -0.289. The highest BCUT2D eigenvalue weighted by Gasteiger charge is 2.29. The lowest BCUT2D eigenvalue weighted by atomic mass is 9.84. The van der Waals surface area contributed by atoms with E-state index in [-0.39, 0.29) is 0 Å². The van der Waals surface area contributed by atoms with Crippen LogP contribution in [0.15, 0.2) is 218 Å². The number of fused-ring (bicyclic) bond motifs is 2. The van der Waals surface area contributed by atoms with Gasteiger partial charge in [0.15, 0.2) is 0 Å². The van der Waals surface area contributed by atoms with Crippen molar-refractivity contribution in [2.75, 3.05) is 0 Å². The van der Waals surface area contributed by atoms with Gasteiger partial charge in [-0.05, 0) is 116 Å². The predicted octanol–water partition coefficient (Wildman–Crippen LogP) is 16.7. The third kappa shape index (κ3) is 8.97. The summed E-state index contributed by atoms with van der Waals surface area (Å²) in [6.45, 7) is 4.37. The number of esters is 2. The molecular weight excluding hydrogens is 833 g/mol. The number of hydrogen-bond donors (Lipinski definition) is 0. The fraction of sp³-hybridized carbons (Fsp3) is 0.0938. The van der Waals surface area contributed by atoms with E-state index in [2.05, 4.69) is 98.8 Å². The number of carbonyl (C=O) groups is 2. The van der Waals surface area contributed by atoms with Crippen LogP contribution in [-0.2, 0) is 12.8 Å². The van der Waals surface area contributed by atoms with Gasteiger partial charge in [-0.25, -0.2) is 9.59 Å². The molecule has 0 amide bonds. The summed E-state index contributed by atoms with van der Waals surface area (Å²) in [5, 5.41) is 3.25. The molecule has 330 valence electrons. The van der Waals surface area contributed by atoms with E-state index in [0.717, 1.165) is 91.7 Å². The van der Waals surface area contributed by atoms with E-state index >= 15 is 0 Å². The standard InChI is InChI=1S/C64H50O4/c1-3-15-43-25-29-45(30-26-43)47-33-37-51(38-34-47)63(65)67-61-55-23-13-11-21-53(55)41-57(49-17-7-5-8-18-49)59(61)60-58(50-19-9-6-10-20-50)42-54-22-12-14-24-56(54)62(60)68-64(66)52-39-35-48(36-40-52)46-31-27-44(16-4-2)28-32-46/h5-14,17-42H,3-4,15-16H2,1-2H3. The van der Waals surface area contributed by atoms with Crippen LogP contribution in [0.25, 0.3) is 77.2 Å². The molecule has 0 aliphatic heterocycles. The predicted molar refractivity (Wildman–Crippen MR) is 279 cm³/mol. The molecule has 0 unspecified atom stereocenters. The molecule has 0 spiro atoms. The zero-order valence-electron chi connectivity index (χ0n) is 38.2. The molecule has 0 atom stereocenters. The molecule has 0 bridgehead atoms. The largest absolute Gasteiger partial charge is 0.422 e. The molecule has 68 heavy (non-hydrogen) atoms. The molecule has 4 heteroatoms. The number of benzene rings is 10. The zero-order valence-corrected chi connectivity index (χ0v) is 38.2. The van der Waals surface area contributed by atoms with Gasteiger partial charge in [0, 0.05) is 21.9 Å². The first-order chi connectivity index (χ1) is 33.4. The van der Waals surface area contributed by atoms with Crippen molar-refractivity contribution in [3.63, 3.8) is 0 Å². The molecule has 0 saturated heterocycles. The van der Waals surface area contributed by atoms with Crippen molar-refractivity contribution in [2.24, 2.45) is 0 Å². The Hall–Kier alpha value is -8.34. The van der Waals surface area contributed by atoms with Crippen LogP contribution < -0.4 is 9.47 Å². The minimum absolute atomic E-state index is 0.363. The van der Waals surface area contributed by atoms with Crippen LogP contribution in [0, 0.1) is 0 Å². The second-order valence-electron chi connectivity index (χ2n) is 17.3. The van der Waals surface area contributed by atoms with Gasteiger partial charge in [0.2, 0.25) is 0 Å². The Morgan fingerprint density at radius 2 is 0.676 bits per heavy atom. The van der Waals surface area contributed by atoms with Crippen LogP contribution in [0.5, 0.6) is 11.5 Å². The molecule has 0 N–H and O–H groups in total. The first kappa shape index (κ1) is 43.5. The zero-order chi connectivity index (χ0) is 46.4. The van der Waals surface area contributed by atoms with Crippen LogP contribution in [0.4, 0.5) is 0 Å². The van der Waals surface area contributed by atoms with Crippen molar-refractivity contribution >= 4 is 33.5 Å². The SMILES string of the molecule is CCCc1ccc(-c2ccc(C(=O)Oc3c(-c4c(-c5ccccc5)cc5ccccc5c4OC(=O)c4ccc(-c5ccc(CCC)cc5)cc4)c(-c4ccccc4)cc4ccccc34)cc2)cc1. The van der Waals surface area contributed by atoms with Gasteiger partial charge < -0.3 is 9.47 Å². The topological polar surface area (TPSA) is 52.6 Å². The summed E-state index contributed by atoms with van der Waals surface area (Å²) in [7, 11) is 0. The van der Waals surface area contributed by atoms with Crippen molar-refractivity contribution in [1.82, 2.24) is 0 Å². The Kier molecular flexibility index (Phi) is 12.6. The molecule has 0 radical (unpaired) electrons. The fourth-order valence-corrected chi connectivity index (χ4v) is 9.23. The maximum absolute atomic E-state index is 14.7. The van der Waals surface area contributed by atoms with Gasteiger partial charge in [0.25, 0.3) is 0 Å². The summed E-state index contributed by atoms with van der Waals surface area (Å²) in [5.41, 5.74) is 12.3. The molecule has 0 aliphatic rings. The highest BCUT2D eigenvalue weighted by Crippen LogP contribution is 2.53. The monoisotopic (exact) mass is 882 g/mol. The minimum Gasteiger partial charge on any atom is -0.422 e. The fourth-order valence-electron chi connectivity index (χ4n) is 9.23. The van der Waals surface area contributed by atoms with E-state index in [1.807, 2.05) is 133 Å². The van der Waals surface area contributed by atoms with Gasteiger partial charge in [0.05, 0.1) is 11.1 Å². The van der Waals surface area contributed by atoms with Crippen LogP contribution in [0.1, 0.15) is 58.5 Å². The second kappa shape index (κ2) is 19.6. The van der Waals surface area contributed by atoms with Crippen molar-refractivity contribution in [3.8, 4) is 67.1 Å². The van der Waals surface area contributed by atoms with Crippen LogP contribution in [-0.4, -0.2) is 11.9 Å². The molecule has 0 saturated carbocycles. The van der Waals surface area contributed by atoms with Gasteiger partial charge >= 0.3 is 11.9 Å². The number of rotatable bonds is 13. The lowest BCUT2D eigenvalue weighted by Crippen LogP contribution is -2.12. The second-order valence-corrected chi connectivity index (χ2v) is 17.3. The molecule has 10 aromatic rings. The molecule has 0 heterocycles. The van der Waals surface area contributed by atoms with E-state index in [0.29, 0.717) is 33.8 Å². The smallest absolute Gasteiger partial charge is 0.343 e. The summed E-state index contributed by atoms with van der Waals surface area (Å²) in [6.07, 6.45) is 4.25. The van der Waals surface area contributed by atoms with Crippen molar-refractivity contribution < 1.29 is 19.1 Å². The molecule has 4 nitrogen and oxygen atoms in total. The number of hydrogen-bond acceptors (Lipinski definition) is 4. The maximum Gasteiger partial charge on any atom is 0.343 e. The van der Waals surface area contributed by atoms with Crippen LogP contribution in [0.3, 0.4) is 0 Å². The molecular formula is C64H50O4. The van der Waals surface area contributed by atoms with Crippen molar-refractivity contribution in [3.05, 3.63) is 241 Å². The Balaban J connectivity index is 1.15. The Bertz CT molecular complexity index is 3160. The van der Waals surface area contributed by atoms with Gasteiger partial charge in [0.1, 0.15) is 11.5 Å². The van der Waals surface area contributed by atoms with E-state index < -0.39 is 11.9 Å². The Morgan fingerprint density at radius 3 is 1.03 bits per heavy atom. The summed E-state index contributed by atoms with van der Waals surface area (Å²) < 4.78 is 13.6. The van der Waals surface area contributed by atoms with Crippen molar-refractivity contribution in [1.29, 1.82) is 0 Å². The van der Waals surface area contributed by atoms with Crippen LogP contribution >= 0.6 is 0 Å². The highest BCUT2D eigenvalue weighted by molar-refractivity contribution is 6.13. The third-order valence-electron chi connectivity index (χ3n) is 12.7. The van der Waals surface area contributed by atoms with Gasteiger partial charge in [-0.15, -0.1) is 0 Å². The molecule has 10 aromatic carbocycles. The minimum atomic E-state index is -0.507. The maximum atomic E-state index is 14.7. The number of carbonyl (C=O) groups excluding carboxylic acids is 2. The Morgan fingerprint density at radius 1 is 0.353 bits per heavy atom. The number of ether oxygens (including phenoxy) is 2. The quantitative estimate of drug-likeness (QED) is 0.0855. The summed E-state index contributed by atoms with van der Waals surface area (Å²) >= 11 is 0. The lowest BCUT2D eigenvalue weighted by Gasteiger charge is -2.24. The van der Waals surface area contributed by atoms with Gasteiger partial charge in [-0.2, -0.15) is 0 Å². The third-order valence-corrected chi connectivity index (χ3v) is 12.7. The summed E-state index contributed by atoms with van der Waals surface area (Å²) in [4.78, 5) is 29.5. The van der Waals surface area contributed by atoms with E-state index in [1.165, 1.54) is 11.1 Å². The first-order valence-corrected chi connectivity index (χ1v) is 23.5. The van der Waals surface area contributed by atoms with Gasteiger partial charge in [-0.3, -0.25) is 0 Å². The van der Waals surface area contributed by atoms with Crippen LogP contribution in [0.2, 0.25) is 0 Å². The molecule has 0 fully saturated rings. The van der Waals surface area contributed by atoms with E-state index in [9.17, 15) is 9.59 Å². The average Bonchev–Trinajstić information content (AvgIpc) is 3.40.